The van der Waals surface area contributed by atoms with Crippen LogP contribution in [0.25, 0.3) is 0 Å². The van der Waals surface area contributed by atoms with Crippen LogP contribution in [0.2, 0.25) is 45.3 Å². The van der Waals surface area contributed by atoms with Crippen LogP contribution in [0, 0.1) is 0 Å². The van der Waals surface area contributed by atoms with Crippen LogP contribution in [0.1, 0.15) is 0 Å². The third-order valence-corrected chi connectivity index (χ3v) is 5.36. The molecule has 0 aromatic carbocycles. The molecular formula is C13H32N2O3Si2. The molecular weight excluding hydrogens is 288 g/mol. The Morgan fingerprint density at radius 1 is 1.20 bits per heavy atom. The van der Waals surface area contributed by atoms with Gasteiger partial charge in [0.1, 0.15) is 0 Å². The minimum atomic E-state index is -1.55. The molecule has 0 aliphatic heterocycles. The van der Waals surface area contributed by atoms with Crippen LogP contribution >= 0.6 is 0 Å². The summed E-state index contributed by atoms with van der Waals surface area (Å²) in [5, 5.41) is 0. The van der Waals surface area contributed by atoms with E-state index in [4.69, 9.17) is 14.9 Å². The van der Waals surface area contributed by atoms with Crippen molar-refractivity contribution < 1.29 is 14.0 Å². The first kappa shape index (κ1) is 19.6. The van der Waals surface area contributed by atoms with Crippen molar-refractivity contribution in [1.29, 1.82) is 0 Å². The lowest BCUT2D eigenvalue weighted by molar-refractivity contribution is 0.111. The average Bonchev–Trinajstić information content (AvgIpc) is 2.23. The zero-order valence-corrected chi connectivity index (χ0v) is 16.2. The molecule has 0 saturated carbocycles. The summed E-state index contributed by atoms with van der Waals surface area (Å²) in [7, 11) is -0.997. The van der Waals surface area contributed by atoms with Crippen LogP contribution in [0.4, 0.5) is 4.79 Å². The highest BCUT2D eigenvalue weighted by atomic mass is 28.4. The molecule has 0 rings (SSSR count). The van der Waals surface area contributed by atoms with Gasteiger partial charge in [-0.25, -0.2) is 4.79 Å². The monoisotopic (exact) mass is 320 g/mol. The van der Waals surface area contributed by atoms with Gasteiger partial charge in [0.15, 0.2) is 8.32 Å². The molecule has 1 atom stereocenters. The molecule has 0 aliphatic carbocycles. The van der Waals surface area contributed by atoms with E-state index >= 15 is 0 Å². The van der Waals surface area contributed by atoms with Crippen molar-refractivity contribution in [3.05, 3.63) is 0 Å². The highest BCUT2D eigenvalue weighted by Gasteiger charge is 2.19. The number of likely N-dealkylation sites (N-methyl/N-ethyl adjacent to an activating group) is 1. The molecule has 2 N–H and O–H groups in total. The molecule has 7 heteroatoms. The third-order valence-electron chi connectivity index (χ3n) is 2.63. The van der Waals surface area contributed by atoms with Crippen molar-refractivity contribution in [3.8, 4) is 0 Å². The quantitative estimate of drug-likeness (QED) is 0.698. The Kier molecular flexibility index (Phi) is 8.01. The number of ether oxygens (including phenoxy) is 1. The van der Waals surface area contributed by atoms with Gasteiger partial charge in [-0.2, -0.15) is 0 Å². The summed E-state index contributed by atoms with van der Waals surface area (Å²) in [6.07, 6.45) is -0.299. The fourth-order valence-corrected chi connectivity index (χ4v) is 2.82. The fourth-order valence-electron chi connectivity index (χ4n) is 1.39. The minimum absolute atomic E-state index is 0.170. The largest absolute Gasteiger partial charge is 0.450 e. The van der Waals surface area contributed by atoms with Crippen LogP contribution in [-0.2, 0) is 9.16 Å². The first-order valence-corrected chi connectivity index (χ1v) is 14.3. The maximum atomic E-state index is 11.8. The summed E-state index contributed by atoms with van der Waals surface area (Å²) in [5.74, 6) is 0. The van der Waals surface area contributed by atoms with Crippen LogP contribution < -0.4 is 5.73 Å². The topological polar surface area (TPSA) is 64.8 Å². The second-order valence-electron chi connectivity index (χ2n) is 7.49. The molecule has 0 aromatic heterocycles. The van der Waals surface area contributed by atoms with Crippen molar-refractivity contribution >= 4 is 22.5 Å². The molecule has 120 valence electrons. The van der Waals surface area contributed by atoms with E-state index in [2.05, 4.69) is 39.3 Å². The van der Waals surface area contributed by atoms with Crippen molar-refractivity contribution in [3.63, 3.8) is 0 Å². The van der Waals surface area contributed by atoms with Crippen molar-refractivity contribution in [1.82, 2.24) is 4.90 Å². The summed E-state index contributed by atoms with van der Waals surface area (Å²) < 4.78 is 11.0. The number of carbonyl (C=O) groups is 1. The van der Waals surface area contributed by atoms with Gasteiger partial charge in [-0.15, -0.1) is 0 Å². The zero-order valence-electron chi connectivity index (χ0n) is 14.2. The van der Waals surface area contributed by atoms with E-state index in [-0.39, 0.29) is 12.1 Å². The number of carbonyl (C=O) groups excluding carboxylic acids is 1. The predicted molar refractivity (Wildman–Crippen MR) is 89.4 cm³/mol. The molecule has 0 aliphatic rings. The number of hydrogen-bond acceptors (Lipinski definition) is 4. The summed E-state index contributed by atoms with van der Waals surface area (Å²) in [6, 6.07) is 0.813. The number of rotatable bonds is 8. The standard InChI is InChI=1S/C13H32N2O3Si2/c1-15(10-12(14)11-18-20(5,6)7)13(16)17-8-9-19(2,3)4/h12H,8-11,14H2,1-7H3/t12-/m1/s1. The van der Waals surface area contributed by atoms with E-state index in [1.54, 1.807) is 7.05 Å². The summed E-state index contributed by atoms with van der Waals surface area (Å²) in [6.45, 7) is 14.6. The van der Waals surface area contributed by atoms with E-state index < -0.39 is 16.4 Å². The molecule has 0 radical (unpaired) electrons. The fraction of sp³-hybridized carbons (Fsp3) is 0.923. The molecule has 0 fully saturated rings. The molecule has 0 unspecified atom stereocenters. The van der Waals surface area contributed by atoms with E-state index in [1.807, 2.05) is 0 Å². The lowest BCUT2D eigenvalue weighted by Gasteiger charge is -2.25. The highest BCUT2D eigenvalue weighted by Crippen LogP contribution is 2.08. The van der Waals surface area contributed by atoms with Gasteiger partial charge in [0, 0.05) is 27.7 Å². The van der Waals surface area contributed by atoms with E-state index in [9.17, 15) is 4.79 Å². The Labute approximate surface area is 125 Å². The highest BCUT2D eigenvalue weighted by molar-refractivity contribution is 6.76. The van der Waals surface area contributed by atoms with Crippen LogP contribution in [0.5, 0.6) is 0 Å². The van der Waals surface area contributed by atoms with Gasteiger partial charge in [0.25, 0.3) is 0 Å². The maximum Gasteiger partial charge on any atom is 0.409 e. The minimum Gasteiger partial charge on any atom is -0.450 e. The first-order chi connectivity index (χ1) is 8.91. The van der Waals surface area contributed by atoms with Gasteiger partial charge in [-0.05, 0) is 25.7 Å². The Morgan fingerprint density at radius 2 is 1.75 bits per heavy atom. The van der Waals surface area contributed by atoms with E-state index in [0.29, 0.717) is 19.8 Å². The van der Waals surface area contributed by atoms with Crippen LogP contribution in [0.15, 0.2) is 0 Å². The van der Waals surface area contributed by atoms with Gasteiger partial charge >= 0.3 is 6.09 Å². The third kappa shape index (κ3) is 11.5. The molecule has 0 heterocycles. The van der Waals surface area contributed by atoms with Gasteiger partial charge in [0.2, 0.25) is 0 Å². The Morgan fingerprint density at radius 3 is 2.20 bits per heavy atom. The normalized spacial score (nSPS) is 14.0. The van der Waals surface area contributed by atoms with Crippen molar-refractivity contribution in [2.75, 3.05) is 26.8 Å². The first-order valence-electron chi connectivity index (χ1n) is 7.18. The smallest absolute Gasteiger partial charge is 0.409 e. The number of nitrogens with two attached hydrogens (primary N) is 1. The summed E-state index contributed by atoms with van der Waals surface area (Å²) in [4.78, 5) is 13.3. The predicted octanol–water partition coefficient (Wildman–Crippen LogP) is 2.57. The number of hydrogen-bond donors (Lipinski definition) is 1. The lowest BCUT2D eigenvalue weighted by Crippen LogP contribution is -2.44. The molecule has 0 spiro atoms. The van der Waals surface area contributed by atoms with Gasteiger partial charge in [-0.3, -0.25) is 0 Å². The SMILES string of the molecule is CN(C[C@@H](N)CO[Si](C)(C)C)C(=O)OCC[Si](C)(C)C. The molecule has 20 heavy (non-hydrogen) atoms. The molecule has 0 saturated heterocycles. The maximum absolute atomic E-state index is 11.8. The Balaban J connectivity index is 3.95. The summed E-state index contributed by atoms with van der Waals surface area (Å²) in [5.41, 5.74) is 5.97. The summed E-state index contributed by atoms with van der Waals surface area (Å²) >= 11 is 0. The van der Waals surface area contributed by atoms with Gasteiger partial charge in [-0.1, -0.05) is 19.6 Å². The van der Waals surface area contributed by atoms with E-state index in [1.165, 1.54) is 4.90 Å². The molecule has 1 amide bonds. The number of nitrogens with zero attached hydrogens (tertiary/aromatic N) is 1. The second kappa shape index (κ2) is 8.16. The Bertz CT molecular complexity index is 301. The Hall–Kier alpha value is -0.376. The number of amides is 1. The van der Waals surface area contributed by atoms with Gasteiger partial charge < -0.3 is 19.8 Å². The zero-order chi connectivity index (χ0) is 16.0. The van der Waals surface area contributed by atoms with Crippen molar-refractivity contribution in [2.24, 2.45) is 5.73 Å². The van der Waals surface area contributed by atoms with E-state index in [0.717, 1.165) is 6.04 Å². The van der Waals surface area contributed by atoms with Crippen molar-refractivity contribution in [2.45, 2.75) is 51.4 Å². The second-order valence-corrected chi connectivity index (χ2v) is 17.6. The molecule has 5 nitrogen and oxygen atoms in total. The van der Waals surface area contributed by atoms with Crippen LogP contribution in [-0.4, -0.2) is 60.2 Å². The molecule has 0 bridgehead atoms. The molecule has 0 aromatic rings. The van der Waals surface area contributed by atoms with Crippen LogP contribution in [0.3, 0.4) is 0 Å². The average molecular weight is 321 g/mol. The van der Waals surface area contributed by atoms with Gasteiger partial charge in [0.05, 0.1) is 13.2 Å². The lowest BCUT2D eigenvalue weighted by atomic mass is 10.3.